The molecule has 0 aliphatic rings. The highest BCUT2D eigenvalue weighted by atomic mass is 32.1. The number of ether oxygens (including phenoxy) is 1. The van der Waals surface area contributed by atoms with Crippen LogP contribution in [0.2, 0.25) is 0 Å². The Balaban J connectivity index is 1.38. The number of thiocarbonyl (C=S) groups is 1. The lowest BCUT2D eigenvalue weighted by molar-refractivity contribution is -0.115. The number of nitrogens with zero attached hydrogens (tertiary/aromatic N) is 1. The summed E-state index contributed by atoms with van der Waals surface area (Å²) in [6.07, 6.45) is 3.15. The van der Waals surface area contributed by atoms with Crippen molar-refractivity contribution in [2.24, 2.45) is 0 Å². The third kappa shape index (κ3) is 5.33. The summed E-state index contributed by atoms with van der Waals surface area (Å²) in [5, 5.41) is 6.87. The summed E-state index contributed by atoms with van der Waals surface area (Å²) < 4.78 is 6.26. The van der Waals surface area contributed by atoms with E-state index < -0.39 is 0 Å². The minimum atomic E-state index is -0.310. The Labute approximate surface area is 189 Å². The van der Waals surface area contributed by atoms with Gasteiger partial charge in [-0.05, 0) is 60.3 Å². The topological polar surface area (TPSA) is 63.2 Å². The molecular formula is C24H19N3O2S2. The number of rotatable bonds is 5. The van der Waals surface area contributed by atoms with Crippen molar-refractivity contribution in [3.05, 3.63) is 84.4 Å². The quantitative estimate of drug-likeness (QED) is 0.314. The smallest absolute Gasteiger partial charge is 0.250 e. The average Bonchev–Trinajstić information content (AvgIpc) is 3.22. The number of thiazole rings is 1. The number of carbonyl (C=O) groups excluding carboxylic acids is 1. The van der Waals surface area contributed by atoms with Gasteiger partial charge in [0.15, 0.2) is 5.11 Å². The number of carbonyl (C=O) groups is 1. The van der Waals surface area contributed by atoms with E-state index in [1.165, 1.54) is 6.08 Å². The fourth-order valence-corrected chi connectivity index (χ4v) is 4.11. The first-order valence-electron chi connectivity index (χ1n) is 9.51. The highest BCUT2D eigenvalue weighted by Gasteiger charge is 2.08. The zero-order valence-corrected chi connectivity index (χ0v) is 18.3. The van der Waals surface area contributed by atoms with E-state index in [2.05, 4.69) is 21.7 Å². The standard InChI is InChI=1S/C24H19N3O2S2/c1-29-19-12-9-16(10-13-19)11-14-22(28)27-24(30)25-18-6-4-5-17(15-18)23-26-20-7-2-3-8-21(20)31-23/h2-15H,1H3,(H2,25,27,28,30). The third-order valence-electron chi connectivity index (χ3n) is 4.44. The van der Waals surface area contributed by atoms with Crippen molar-refractivity contribution in [3.8, 4) is 16.3 Å². The van der Waals surface area contributed by atoms with Crippen molar-refractivity contribution in [2.75, 3.05) is 12.4 Å². The molecule has 0 unspecified atom stereocenters. The molecule has 0 bridgehead atoms. The molecule has 4 rings (SSSR count). The van der Waals surface area contributed by atoms with Gasteiger partial charge in [0, 0.05) is 17.3 Å². The number of hydrogen-bond acceptors (Lipinski definition) is 5. The van der Waals surface area contributed by atoms with Gasteiger partial charge in [0.25, 0.3) is 0 Å². The molecule has 7 heteroatoms. The molecule has 0 aliphatic heterocycles. The van der Waals surface area contributed by atoms with E-state index in [-0.39, 0.29) is 11.0 Å². The number of benzene rings is 3. The van der Waals surface area contributed by atoms with Crippen molar-refractivity contribution >= 4 is 56.6 Å². The predicted octanol–water partition coefficient (Wildman–Crippen LogP) is 5.50. The molecule has 4 aromatic rings. The van der Waals surface area contributed by atoms with Crippen LogP contribution in [0.4, 0.5) is 5.69 Å². The highest BCUT2D eigenvalue weighted by molar-refractivity contribution is 7.80. The predicted molar refractivity (Wildman–Crippen MR) is 131 cm³/mol. The molecule has 0 atom stereocenters. The maximum atomic E-state index is 12.2. The van der Waals surface area contributed by atoms with Crippen molar-refractivity contribution in [3.63, 3.8) is 0 Å². The van der Waals surface area contributed by atoms with Crippen LogP contribution in [-0.4, -0.2) is 23.1 Å². The second-order valence-corrected chi connectivity index (χ2v) is 8.06. The summed E-state index contributed by atoms with van der Waals surface area (Å²) in [5.41, 5.74) is 3.63. The van der Waals surface area contributed by atoms with E-state index in [0.29, 0.717) is 0 Å². The number of fused-ring (bicyclic) bond motifs is 1. The summed E-state index contributed by atoms with van der Waals surface area (Å²) in [6.45, 7) is 0. The van der Waals surface area contributed by atoms with E-state index in [0.717, 1.165) is 37.8 Å². The SMILES string of the molecule is COc1ccc(C=CC(=O)NC(=S)Nc2cccc(-c3nc4ccccc4s3)c2)cc1. The van der Waals surface area contributed by atoms with Crippen molar-refractivity contribution < 1.29 is 9.53 Å². The first-order chi connectivity index (χ1) is 15.1. The monoisotopic (exact) mass is 445 g/mol. The van der Waals surface area contributed by atoms with E-state index in [9.17, 15) is 4.79 Å². The van der Waals surface area contributed by atoms with Crippen LogP contribution >= 0.6 is 23.6 Å². The minimum absolute atomic E-state index is 0.228. The van der Waals surface area contributed by atoms with Crippen molar-refractivity contribution in [1.29, 1.82) is 0 Å². The summed E-state index contributed by atoms with van der Waals surface area (Å²) in [5.74, 6) is 0.454. The maximum absolute atomic E-state index is 12.2. The number of nitrogens with one attached hydrogen (secondary N) is 2. The van der Waals surface area contributed by atoms with E-state index in [1.54, 1.807) is 24.5 Å². The van der Waals surface area contributed by atoms with Gasteiger partial charge in [0.1, 0.15) is 10.8 Å². The molecule has 31 heavy (non-hydrogen) atoms. The van der Waals surface area contributed by atoms with Crippen molar-refractivity contribution in [2.45, 2.75) is 0 Å². The van der Waals surface area contributed by atoms with Crippen LogP contribution in [0.3, 0.4) is 0 Å². The molecule has 154 valence electrons. The molecule has 1 aromatic heterocycles. The van der Waals surface area contributed by atoms with Crippen LogP contribution in [0.5, 0.6) is 5.75 Å². The molecule has 0 saturated heterocycles. The Hall–Kier alpha value is -3.55. The Bertz CT molecular complexity index is 1230. The summed E-state index contributed by atoms with van der Waals surface area (Å²) in [7, 11) is 1.61. The van der Waals surface area contributed by atoms with Crippen LogP contribution in [0, 0.1) is 0 Å². The van der Waals surface area contributed by atoms with Gasteiger partial charge in [0.05, 0.1) is 17.3 Å². The molecule has 1 heterocycles. The number of anilines is 1. The fourth-order valence-electron chi connectivity index (χ4n) is 2.93. The molecule has 0 radical (unpaired) electrons. The van der Waals surface area contributed by atoms with Gasteiger partial charge < -0.3 is 10.1 Å². The number of hydrogen-bond donors (Lipinski definition) is 2. The number of amides is 1. The molecule has 3 aromatic carbocycles. The Morgan fingerprint density at radius 2 is 1.87 bits per heavy atom. The lowest BCUT2D eigenvalue weighted by Gasteiger charge is -2.09. The molecule has 2 N–H and O–H groups in total. The normalized spacial score (nSPS) is 10.9. The summed E-state index contributed by atoms with van der Waals surface area (Å²) in [6, 6.07) is 23.2. The molecule has 0 saturated carbocycles. The Morgan fingerprint density at radius 1 is 1.06 bits per heavy atom. The molecule has 1 amide bonds. The average molecular weight is 446 g/mol. The summed E-state index contributed by atoms with van der Waals surface area (Å²) in [4.78, 5) is 16.9. The largest absolute Gasteiger partial charge is 0.497 e. The van der Waals surface area contributed by atoms with Gasteiger partial charge >= 0.3 is 0 Å². The Kier molecular flexibility index (Phi) is 6.35. The molecule has 0 spiro atoms. The van der Waals surface area contributed by atoms with Gasteiger partial charge in [-0.1, -0.05) is 36.4 Å². The van der Waals surface area contributed by atoms with Crippen LogP contribution in [0.25, 0.3) is 26.9 Å². The molecular weight excluding hydrogens is 426 g/mol. The molecule has 0 fully saturated rings. The zero-order valence-electron chi connectivity index (χ0n) is 16.7. The van der Waals surface area contributed by atoms with Gasteiger partial charge in [-0.25, -0.2) is 4.98 Å². The number of methoxy groups -OCH3 is 1. The molecule has 5 nitrogen and oxygen atoms in total. The van der Waals surface area contributed by atoms with Crippen LogP contribution in [0.15, 0.2) is 78.9 Å². The van der Waals surface area contributed by atoms with Gasteiger partial charge in [-0.3, -0.25) is 10.1 Å². The lowest BCUT2D eigenvalue weighted by atomic mass is 10.2. The maximum Gasteiger partial charge on any atom is 0.250 e. The van der Waals surface area contributed by atoms with Gasteiger partial charge in [-0.15, -0.1) is 11.3 Å². The van der Waals surface area contributed by atoms with Crippen LogP contribution < -0.4 is 15.4 Å². The number of aromatic nitrogens is 1. The van der Waals surface area contributed by atoms with Crippen molar-refractivity contribution in [1.82, 2.24) is 10.3 Å². The third-order valence-corrected chi connectivity index (χ3v) is 5.73. The van der Waals surface area contributed by atoms with E-state index in [4.69, 9.17) is 17.0 Å². The molecule has 0 aliphatic carbocycles. The van der Waals surface area contributed by atoms with E-state index >= 15 is 0 Å². The first-order valence-corrected chi connectivity index (χ1v) is 10.7. The Morgan fingerprint density at radius 3 is 2.65 bits per heavy atom. The van der Waals surface area contributed by atoms with Gasteiger partial charge in [-0.2, -0.15) is 0 Å². The second kappa shape index (κ2) is 9.51. The van der Waals surface area contributed by atoms with Crippen LogP contribution in [-0.2, 0) is 4.79 Å². The van der Waals surface area contributed by atoms with E-state index in [1.807, 2.05) is 66.7 Å². The highest BCUT2D eigenvalue weighted by Crippen LogP contribution is 2.31. The van der Waals surface area contributed by atoms with Crippen LogP contribution in [0.1, 0.15) is 5.56 Å². The fraction of sp³-hybridized carbons (Fsp3) is 0.0417. The number of para-hydroxylation sites is 1. The lowest BCUT2D eigenvalue weighted by Crippen LogP contribution is -2.32. The second-order valence-electron chi connectivity index (χ2n) is 6.62. The first kappa shape index (κ1) is 20.7. The zero-order chi connectivity index (χ0) is 21.6. The summed E-state index contributed by atoms with van der Waals surface area (Å²) >= 11 is 6.92. The minimum Gasteiger partial charge on any atom is -0.497 e. The van der Waals surface area contributed by atoms with Gasteiger partial charge in [0.2, 0.25) is 5.91 Å².